The van der Waals surface area contributed by atoms with Gasteiger partial charge in [0.1, 0.15) is 65.7 Å². The van der Waals surface area contributed by atoms with E-state index in [1.807, 2.05) is 0 Å². The lowest BCUT2D eigenvalue weighted by Crippen LogP contribution is -2.60. The van der Waals surface area contributed by atoms with Crippen molar-refractivity contribution in [3.05, 3.63) is 36.4 Å². The van der Waals surface area contributed by atoms with Crippen LogP contribution in [0.15, 0.2) is 40.8 Å². The Morgan fingerprint density at radius 2 is 1.19 bits per heavy atom. The van der Waals surface area contributed by atoms with Gasteiger partial charge in [0, 0.05) is 18.2 Å². The van der Waals surface area contributed by atoms with Crippen LogP contribution in [0.25, 0.3) is 22.3 Å². The number of aliphatic hydroxyl groups excluding tert-OH is 8. The molecule has 11 N–H and O–H groups in total. The van der Waals surface area contributed by atoms with Crippen LogP contribution in [0, 0.1) is 0 Å². The molecule has 16 heteroatoms. The second kappa shape index (κ2) is 12.2. The summed E-state index contributed by atoms with van der Waals surface area (Å²) >= 11 is 0. The number of hydrogen-bond donors (Lipinski definition) is 11. The molecule has 2 saturated heterocycles. The number of hydrogen-bond acceptors (Lipinski definition) is 15. The highest BCUT2D eigenvalue weighted by Gasteiger charge is 2.47. The average Bonchev–Trinajstić information content (AvgIpc) is 2.98. The Morgan fingerprint density at radius 3 is 1.74 bits per heavy atom. The lowest BCUT2D eigenvalue weighted by atomic mass is 9.99. The average molecular weight is 612 g/mol. The van der Waals surface area contributed by atoms with Crippen molar-refractivity contribution < 1.29 is 79.5 Å². The Balaban J connectivity index is 1.55. The number of rotatable bonds is 7. The molecule has 234 valence electrons. The highest BCUT2D eigenvalue weighted by atomic mass is 16.7. The molecule has 43 heavy (non-hydrogen) atoms. The first kappa shape index (κ1) is 30.9. The molecule has 0 amide bonds. The maximum atomic E-state index is 10.5. The third-order valence-electron chi connectivity index (χ3n) is 7.22. The van der Waals surface area contributed by atoms with Crippen molar-refractivity contribution in [2.75, 3.05) is 13.2 Å². The van der Waals surface area contributed by atoms with Crippen molar-refractivity contribution in [1.29, 1.82) is 0 Å². The zero-order valence-corrected chi connectivity index (χ0v) is 22.1. The van der Waals surface area contributed by atoms with Crippen molar-refractivity contribution in [3.8, 4) is 40.1 Å². The molecule has 10 atom stereocenters. The summed E-state index contributed by atoms with van der Waals surface area (Å²) in [6.07, 6.45) is -16.3. The lowest BCUT2D eigenvalue weighted by molar-refractivity contribution is -0.277. The minimum atomic E-state index is -1.81. The molecule has 5 rings (SSSR count). The van der Waals surface area contributed by atoms with Crippen molar-refractivity contribution >= 4 is 11.0 Å². The van der Waals surface area contributed by atoms with E-state index in [1.165, 1.54) is 24.3 Å². The number of aliphatic hydroxyl groups is 8. The summed E-state index contributed by atoms with van der Waals surface area (Å²) in [6, 6.07) is 7.17. The highest BCUT2D eigenvalue weighted by Crippen LogP contribution is 2.43. The fourth-order valence-corrected chi connectivity index (χ4v) is 4.80. The summed E-state index contributed by atoms with van der Waals surface area (Å²) in [4.78, 5) is 0. The molecule has 2 aliphatic heterocycles. The second-order valence-corrected chi connectivity index (χ2v) is 10.1. The first-order valence-electron chi connectivity index (χ1n) is 13.0. The van der Waals surface area contributed by atoms with E-state index in [-0.39, 0.29) is 39.5 Å². The molecule has 3 heterocycles. The van der Waals surface area contributed by atoms with Crippen molar-refractivity contribution in [2.24, 2.45) is 0 Å². The molecule has 16 nitrogen and oxygen atoms in total. The maximum Gasteiger partial charge on any atom is 0.402 e. The van der Waals surface area contributed by atoms with Crippen LogP contribution in [0.3, 0.4) is 0 Å². The monoisotopic (exact) mass is 611 g/mol. The third-order valence-corrected chi connectivity index (χ3v) is 7.22. The molecule has 0 aliphatic carbocycles. The molecule has 0 unspecified atom stereocenters. The van der Waals surface area contributed by atoms with Gasteiger partial charge < -0.3 is 75.1 Å². The summed E-state index contributed by atoms with van der Waals surface area (Å²) in [5.74, 6) is -1.93. The minimum absolute atomic E-state index is 0.0395. The van der Waals surface area contributed by atoms with Gasteiger partial charge in [0.25, 0.3) is 0 Å². The van der Waals surface area contributed by atoms with Gasteiger partial charge >= 0.3 is 11.3 Å². The Morgan fingerprint density at radius 1 is 0.628 bits per heavy atom. The largest absolute Gasteiger partial charge is 0.507 e. The third kappa shape index (κ3) is 5.85. The molecule has 0 radical (unpaired) electrons. The first-order valence-corrected chi connectivity index (χ1v) is 13.0. The van der Waals surface area contributed by atoms with E-state index in [9.17, 15) is 56.2 Å². The van der Waals surface area contributed by atoms with Crippen LogP contribution in [0.1, 0.15) is 0 Å². The van der Waals surface area contributed by atoms with Crippen molar-refractivity contribution in [3.63, 3.8) is 0 Å². The Hall–Kier alpha value is -3.55. The van der Waals surface area contributed by atoms with Crippen molar-refractivity contribution in [1.82, 2.24) is 0 Å². The fourth-order valence-electron chi connectivity index (χ4n) is 4.80. The van der Waals surface area contributed by atoms with E-state index in [4.69, 9.17) is 23.4 Å². The van der Waals surface area contributed by atoms with Gasteiger partial charge in [0.05, 0.1) is 24.8 Å². The second-order valence-electron chi connectivity index (χ2n) is 10.1. The summed E-state index contributed by atoms with van der Waals surface area (Å²) in [5.41, 5.74) is 0.0554. The predicted octanol–water partition coefficient (Wildman–Crippen LogP) is -2.14. The number of fused-ring (bicyclic) bond motifs is 1. The van der Waals surface area contributed by atoms with Crippen LogP contribution in [0.5, 0.6) is 28.7 Å². The predicted molar refractivity (Wildman–Crippen MR) is 140 cm³/mol. The number of benzene rings is 2. The van der Waals surface area contributed by atoms with Gasteiger partial charge in [-0.25, -0.2) is 4.42 Å². The van der Waals surface area contributed by atoms with Crippen LogP contribution in [0.2, 0.25) is 0 Å². The number of phenols is 3. The van der Waals surface area contributed by atoms with Crippen LogP contribution >= 0.6 is 0 Å². The molecule has 1 aromatic heterocycles. The zero-order valence-electron chi connectivity index (χ0n) is 22.1. The van der Waals surface area contributed by atoms with Gasteiger partial charge in [-0.3, -0.25) is 0 Å². The van der Waals surface area contributed by atoms with Crippen molar-refractivity contribution in [2.45, 2.75) is 61.4 Å². The number of aromatic hydroxyl groups is 3. The number of phenolic OH excluding ortho intramolecular Hbond substituents is 3. The minimum Gasteiger partial charge on any atom is -0.507 e. The van der Waals surface area contributed by atoms with Gasteiger partial charge in [0.2, 0.25) is 18.3 Å². The molecular formula is C27H31O16+. The van der Waals surface area contributed by atoms with E-state index in [2.05, 4.69) is 0 Å². The van der Waals surface area contributed by atoms with Crippen LogP contribution in [0.4, 0.5) is 0 Å². The van der Waals surface area contributed by atoms with Gasteiger partial charge in [-0.05, 0) is 12.1 Å². The molecule has 0 saturated carbocycles. The van der Waals surface area contributed by atoms with Crippen LogP contribution < -0.4 is 9.47 Å². The fraction of sp³-hybridized carbons (Fsp3) is 0.444. The normalized spacial score (nSPS) is 32.9. The zero-order chi connectivity index (χ0) is 31.2. The van der Waals surface area contributed by atoms with Gasteiger partial charge in [-0.2, -0.15) is 0 Å². The van der Waals surface area contributed by atoms with Gasteiger partial charge in [-0.1, -0.05) is 0 Å². The molecule has 0 spiro atoms. The topological polar surface area (TPSA) is 271 Å². The molecule has 0 bridgehead atoms. The van der Waals surface area contributed by atoms with E-state index in [1.54, 1.807) is 0 Å². The smallest absolute Gasteiger partial charge is 0.402 e. The quantitative estimate of drug-likeness (QED) is 0.127. The summed E-state index contributed by atoms with van der Waals surface area (Å²) in [7, 11) is 0. The van der Waals surface area contributed by atoms with Gasteiger partial charge in [0.15, 0.2) is 11.5 Å². The van der Waals surface area contributed by atoms with E-state index in [0.717, 1.165) is 12.1 Å². The summed E-state index contributed by atoms with van der Waals surface area (Å²) < 4.78 is 28.1. The van der Waals surface area contributed by atoms with Crippen LogP contribution in [-0.4, -0.2) is 131 Å². The molecular weight excluding hydrogens is 580 g/mol. The van der Waals surface area contributed by atoms with E-state index < -0.39 is 86.1 Å². The Labute approximate surface area is 242 Å². The van der Waals surface area contributed by atoms with E-state index >= 15 is 0 Å². The summed E-state index contributed by atoms with van der Waals surface area (Å²) in [5, 5.41) is 111. The van der Waals surface area contributed by atoms with E-state index in [0.29, 0.717) is 0 Å². The molecule has 2 aromatic carbocycles. The van der Waals surface area contributed by atoms with Crippen LogP contribution in [-0.2, 0) is 9.47 Å². The highest BCUT2D eigenvalue weighted by molar-refractivity contribution is 5.88. The Kier molecular flexibility index (Phi) is 8.77. The lowest BCUT2D eigenvalue weighted by Gasteiger charge is -2.39. The molecule has 2 fully saturated rings. The standard InChI is InChI=1S/C27H30O16/c28-7-17-19(33)21(35)23(37)26(42-17)40-15-3-9(1-2-12(15)31)25-16(6-11-13(32)4-10(30)5-14(11)39-25)41-27-24(38)22(36)20(34)18(8-29)43-27/h1-6,17-24,26-29,33-38H,7-8H2,(H2-,30,31,32)/p+1/t17-,18-,19-,20-,21+,22+,23-,24-,26-,27-/m1/s1. The SMILES string of the molecule is OC[C@H]1O[C@@H](Oc2cc(-c3[o+]c4cc(O)cc(O)c4cc3O[C@@H]3O[C@H](CO)[C@@H](O)[C@H](O)[C@H]3O)ccc2O)[C@H](O)[C@@H](O)[C@@H]1O. The molecule has 3 aromatic rings. The number of ether oxygens (including phenoxy) is 4. The molecule has 2 aliphatic rings. The Bertz CT molecular complexity index is 1450. The van der Waals surface area contributed by atoms with Gasteiger partial charge in [-0.15, -0.1) is 0 Å². The first-order chi connectivity index (χ1) is 20.4. The maximum absolute atomic E-state index is 10.5. The summed E-state index contributed by atoms with van der Waals surface area (Å²) in [6.45, 7) is -1.44.